The Morgan fingerprint density at radius 3 is 2.82 bits per heavy atom. The number of benzene rings is 1. The number of ether oxygens (including phenoxy) is 1. The summed E-state index contributed by atoms with van der Waals surface area (Å²) in [7, 11) is 9.81. The van der Waals surface area contributed by atoms with E-state index in [0.29, 0.717) is 11.4 Å². The molecule has 1 unspecified atom stereocenters. The van der Waals surface area contributed by atoms with E-state index >= 15 is 0 Å². The molecule has 4 rings (SSSR count). The molecule has 4 N–H and O–H groups in total. The Bertz CT molecular complexity index is 1200. The summed E-state index contributed by atoms with van der Waals surface area (Å²) in [6.45, 7) is 1.78. The summed E-state index contributed by atoms with van der Waals surface area (Å²) in [6.07, 6.45) is 7.32. The van der Waals surface area contributed by atoms with Gasteiger partial charge in [-0.3, -0.25) is 4.98 Å². The summed E-state index contributed by atoms with van der Waals surface area (Å²) in [5.74, 6) is 0.704. The lowest BCUT2D eigenvalue weighted by atomic mass is 10.1. The van der Waals surface area contributed by atoms with Crippen molar-refractivity contribution in [3.63, 3.8) is 0 Å². The van der Waals surface area contributed by atoms with Crippen LogP contribution in [0.25, 0.3) is 11.0 Å². The van der Waals surface area contributed by atoms with Crippen LogP contribution in [0.4, 0.5) is 17.1 Å². The Balaban J connectivity index is 1.59. The molecule has 3 heterocycles. The highest BCUT2D eigenvalue weighted by molar-refractivity contribution is 6.15. The van der Waals surface area contributed by atoms with E-state index < -0.39 is 0 Å². The normalized spacial score (nSPS) is 15.5. The van der Waals surface area contributed by atoms with Gasteiger partial charge < -0.3 is 35.5 Å². The van der Waals surface area contributed by atoms with Gasteiger partial charge in [-0.15, -0.1) is 0 Å². The van der Waals surface area contributed by atoms with Crippen molar-refractivity contribution in [3.05, 3.63) is 54.5 Å². The third-order valence-corrected chi connectivity index (χ3v) is 5.72. The molecule has 33 heavy (non-hydrogen) atoms. The van der Waals surface area contributed by atoms with E-state index in [1.165, 1.54) is 0 Å². The standard InChI is InChI=1S/C24H32N8O/c1-30(2)11-12-31(3)21-14-22(33-5)19(13-17(21)25)29-24-27-10-8-18(28-24)16-15-32(4)20-7-6-9-26-23(16)20/h6-10,13-15,24,27,29H,11-12,25H2,1-5H3. The number of nitrogens with one attached hydrogen (secondary N) is 2. The average Bonchev–Trinajstić information content (AvgIpc) is 3.14. The molecule has 0 bridgehead atoms. The van der Waals surface area contributed by atoms with Gasteiger partial charge in [-0.05, 0) is 38.4 Å². The number of hydrogen-bond donors (Lipinski definition) is 3. The zero-order chi connectivity index (χ0) is 23.5. The highest BCUT2D eigenvalue weighted by Gasteiger charge is 2.19. The van der Waals surface area contributed by atoms with Crippen LogP contribution in [0.3, 0.4) is 0 Å². The molecule has 9 heteroatoms. The number of aromatic nitrogens is 2. The Morgan fingerprint density at radius 2 is 2.06 bits per heavy atom. The summed E-state index contributed by atoms with van der Waals surface area (Å²) in [5.41, 5.74) is 12.6. The van der Waals surface area contributed by atoms with Crippen molar-refractivity contribution in [2.24, 2.45) is 12.0 Å². The molecule has 0 saturated carbocycles. The number of anilines is 3. The number of fused-ring (bicyclic) bond motifs is 1. The molecular formula is C24H32N8O. The van der Waals surface area contributed by atoms with Crippen LogP contribution in [0.5, 0.6) is 5.75 Å². The van der Waals surface area contributed by atoms with Crippen LogP contribution in [0.2, 0.25) is 0 Å². The molecule has 0 spiro atoms. The van der Waals surface area contributed by atoms with Gasteiger partial charge in [0.1, 0.15) is 5.75 Å². The minimum absolute atomic E-state index is 0.380. The molecular weight excluding hydrogens is 416 g/mol. The van der Waals surface area contributed by atoms with Gasteiger partial charge in [-0.1, -0.05) is 0 Å². The van der Waals surface area contributed by atoms with Crippen LogP contribution in [-0.2, 0) is 7.05 Å². The predicted octanol–water partition coefficient (Wildman–Crippen LogP) is 2.46. The minimum atomic E-state index is -0.380. The monoisotopic (exact) mass is 448 g/mol. The van der Waals surface area contributed by atoms with Gasteiger partial charge in [0.25, 0.3) is 0 Å². The number of pyridine rings is 1. The van der Waals surface area contributed by atoms with Crippen LogP contribution in [0.1, 0.15) is 5.56 Å². The third-order valence-electron chi connectivity index (χ3n) is 5.72. The SMILES string of the molecule is COc1cc(N(C)CCN(C)C)c(N)cc1NC1N=C(c2cn(C)c3cccnc23)C=CN1. The lowest BCUT2D eigenvalue weighted by molar-refractivity contribution is 0.413. The summed E-state index contributed by atoms with van der Waals surface area (Å²) >= 11 is 0. The first kappa shape index (κ1) is 22.5. The molecule has 1 aliphatic rings. The number of aliphatic imine (C=N–C) groups is 1. The number of methoxy groups -OCH3 is 1. The second-order valence-corrected chi connectivity index (χ2v) is 8.42. The molecule has 1 aliphatic heterocycles. The minimum Gasteiger partial charge on any atom is -0.495 e. The van der Waals surface area contributed by atoms with Gasteiger partial charge in [-0.25, -0.2) is 4.99 Å². The molecule has 1 atom stereocenters. The highest BCUT2D eigenvalue weighted by Crippen LogP contribution is 2.35. The quantitative estimate of drug-likeness (QED) is 0.456. The lowest BCUT2D eigenvalue weighted by Gasteiger charge is -2.26. The summed E-state index contributed by atoms with van der Waals surface area (Å²) in [5, 5.41) is 6.65. The van der Waals surface area contributed by atoms with E-state index in [1.807, 2.05) is 44.6 Å². The van der Waals surface area contributed by atoms with E-state index in [0.717, 1.165) is 46.8 Å². The molecule has 0 aliphatic carbocycles. The van der Waals surface area contributed by atoms with Crippen molar-refractivity contribution < 1.29 is 4.74 Å². The zero-order valence-electron chi connectivity index (χ0n) is 19.8. The van der Waals surface area contributed by atoms with Gasteiger partial charge in [-0.2, -0.15) is 0 Å². The number of nitrogens with zero attached hydrogens (tertiary/aromatic N) is 5. The van der Waals surface area contributed by atoms with Crippen molar-refractivity contribution in [2.75, 3.05) is 57.3 Å². The van der Waals surface area contributed by atoms with Crippen LogP contribution < -0.4 is 26.0 Å². The van der Waals surface area contributed by atoms with Crippen molar-refractivity contribution in [1.82, 2.24) is 19.8 Å². The van der Waals surface area contributed by atoms with E-state index in [4.69, 9.17) is 15.5 Å². The molecule has 174 valence electrons. The predicted molar refractivity (Wildman–Crippen MR) is 136 cm³/mol. The van der Waals surface area contributed by atoms with E-state index in [9.17, 15) is 0 Å². The Hall–Kier alpha value is -3.72. The average molecular weight is 449 g/mol. The van der Waals surface area contributed by atoms with Gasteiger partial charge >= 0.3 is 0 Å². The van der Waals surface area contributed by atoms with Crippen molar-refractivity contribution in [3.8, 4) is 5.75 Å². The third kappa shape index (κ3) is 4.73. The van der Waals surface area contributed by atoms with Crippen LogP contribution in [0, 0.1) is 0 Å². The first-order valence-corrected chi connectivity index (χ1v) is 10.9. The number of hydrogen-bond acceptors (Lipinski definition) is 8. The van der Waals surface area contributed by atoms with E-state index in [-0.39, 0.29) is 6.29 Å². The molecule has 3 aromatic rings. The topological polar surface area (TPSA) is 96.0 Å². The summed E-state index contributed by atoms with van der Waals surface area (Å²) in [6, 6.07) is 7.85. The number of allylic oxidation sites excluding steroid dienone is 1. The van der Waals surface area contributed by atoms with Crippen molar-refractivity contribution >= 4 is 33.8 Å². The first-order chi connectivity index (χ1) is 15.9. The van der Waals surface area contributed by atoms with Gasteiger partial charge in [0.15, 0.2) is 6.29 Å². The van der Waals surface area contributed by atoms with Crippen molar-refractivity contribution in [2.45, 2.75) is 6.29 Å². The highest BCUT2D eigenvalue weighted by atomic mass is 16.5. The maximum absolute atomic E-state index is 6.41. The second-order valence-electron chi connectivity index (χ2n) is 8.42. The first-order valence-electron chi connectivity index (χ1n) is 10.9. The maximum atomic E-state index is 6.41. The fraction of sp³-hybridized carbons (Fsp3) is 0.333. The van der Waals surface area contributed by atoms with E-state index in [1.54, 1.807) is 13.3 Å². The molecule has 9 nitrogen and oxygen atoms in total. The van der Waals surface area contributed by atoms with Gasteiger partial charge in [0.2, 0.25) is 0 Å². The van der Waals surface area contributed by atoms with Crippen LogP contribution in [-0.4, -0.2) is 67.8 Å². The summed E-state index contributed by atoms with van der Waals surface area (Å²) < 4.78 is 7.73. The second kappa shape index (κ2) is 9.41. The summed E-state index contributed by atoms with van der Waals surface area (Å²) in [4.78, 5) is 13.7. The number of nitrogen functional groups attached to an aromatic ring is 1. The molecule has 0 fully saturated rings. The van der Waals surface area contributed by atoms with E-state index in [2.05, 4.69) is 56.3 Å². The lowest BCUT2D eigenvalue weighted by Crippen LogP contribution is -2.34. The molecule has 0 saturated heterocycles. The Kier molecular flexibility index (Phi) is 6.41. The number of rotatable bonds is 8. The zero-order valence-corrected chi connectivity index (χ0v) is 19.8. The fourth-order valence-electron chi connectivity index (χ4n) is 3.89. The van der Waals surface area contributed by atoms with Crippen LogP contribution >= 0.6 is 0 Å². The smallest absolute Gasteiger partial charge is 0.194 e. The maximum Gasteiger partial charge on any atom is 0.194 e. The Labute approximate surface area is 194 Å². The molecule has 0 radical (unpaired) electrons. The largest absolute Gasteiger partial charge is 0.495 e. The number of likely N-dealkylation sites (N-methyl/N-ethyl adjacent to an activating group) is 2. The molecule has 0 amide bonds. The van der Waals surface area contributed by atoms with Crippen LogP contribution in [0.15, 0.2) is 53.9 Å². The number of aryl methyl sites for hydroxylation is 1. The van der Waals surface area contributed by atoms with Gasteiger partial charge in [0.05, 0.1) is 40.9 Å². The van der Waals surface area contributed by atoms with Gasteiger partial charge in [0, 0.05) is 57.4 Å². The Morgan fingerprint density at radius 1 is 1.24 bits per heavy atom. The fourth-order valence-corrected chi connectivity index (χ4v) is 3.89. The van der Waals surface area contributed by atoms with Crippen molar-refractivity contribution in [1.29, 1.82) is 0 Å². The molecule has 2 aromatic heterocycles. The number of nitrogens with two attached hydrogens (primary N) is 1. The molecule has 1 aromatic carbocycles.